The highest BCUT2D eigenvalue weighted by atomic mass is 35.5. The lowest BCUT2D eigenvalue weighted by Gasteiger charge is -2.11. The van der Waals surface area contributed by atoms with E-state index < -0.39 is 10.0 Å². The van der Waals surface area contributed by atoms with E-state index in [-0.39, 0.29) is 23.6 Å². The fourth-order valence-corrected chi connectivity index (χ4v) is 2.70. The zero-order chi connectivity index (χ0) is 11.2. The Balaban J connectivity index is 3.87. The summed E-state index contributed by atoms with van der Waals surface area (Å²) in [7, 11) is -1.66. The standard InChI is InChI=1S/C8H18ClNO3S/c1-7(2)6-14(11,12)10-4-8(9)5-13-3/h7-8,10H,4-6H2,1-3H3. The molecule has 0 fully saturated rings. The van der Waals surface area contributed by atoms with Crippen LogP contribution in [0.1, 0.15) is 13.8 Å². The van der Waals surface area contributed by atoms with E-state index in [4.69, 9.17) is 16.3 Å². The summed E-state index contributed by atoms with van der Waals surface area (Å²) in [4.78, 5) is 0. The number of hydrogen-bond acceptors (Lipinski definition) is 3. The molecule has 1 unspecified atom stereocenters. The molecule has 0 saturated heterocycles. The summed E-state index contributed by atoms with van der Waals surface area (Å²) in [6, 6.07) is 0. The lowest BCUT2D eigenvalue weighted by atomic mass is 10.3. The Hall–Kier alpha value is 0.160. The second kappa shape index (κ2) is 6.61. The van der Waals surface area contributed by atoms with E-state index in [9.17, 15) is 8.42 Å². The van der Waals surface area contributed by atoms with Gasteiger partial charge in [-0.2, -0.15) is 0 Å². The van der Waals surface area contributed by atoms with Crippen molar-refractivity contribution in [3.63, 3.8) is 0 Å². The molecule has 1 atom stereocenters. The summed E-state index contributed by atoms with van der Waals surface area (Å²) < 4.78 is 29.9. The first-order chi connectivity index (χ1) is 6.37. The van der Waals surface area contributed by atoms with Crippen LogP contribution in [0.25, 0.3) is 0 Å². The molecule has 0 saturated carbocycles. The van der Waals surface area contributed by atoms with Gasteiger partial charge in [-0.05, 0) is 5.92 Å². The molecule has 1 N–H and O–H groups in total. The van der Waals surface area contributed by atoms with Gasteiger partial charge in [0.15, 0.2) is 0 Å². The highest BCUT2D eigenvalue weighted by Gasteiger charge is 2.14. The smallest absolute Gasteiger partial charge is 0.211 e. The summed E-state index contributed by atoms with van der Waals surface area (Å²) >= 11 is 5.77. The highest BCUT2D eigenvalue weighted by molar-refractivity contribution is 7.89. The number of rotatable bonds is 7. The van der Waals surface area contributed by atoms with Gasteiger partial charge >= 0.3 is 0 Å². The molecule has 0 aliphatic rings. The van der Waals surface area contributed by atoms with Gasteiger partial charge in [0.1, 0.15) is 0 Å². The number of alkyl halides is 1. The topological polar surface area (TPSA) is 55.4 Å². The minimum absolute atomic E-state index is 0.115. The third-order valence-corrected chi connectivity index (χ3v) is 3.42. The first-order valence-electron chi connectivity index (χ1n) is 4.47. The number of hydrogen-bond donors (Lipinski definition) is 1. The minimum Gasteiger partial charge on any atom is -0.383 e. The Morgan fingerprint density at radius 3 is 2.43 bits per heavy atom. The maximum absolute atomic E-state index is 11.3. The molecular weight excluding hydrogens is 226 g/mol. The van der Waals surface area contributed by atoms with Crippen molar-refractivity contribution in [3.05, 3.63) is 0 Å². The second-order valence-electron chi connectivity index (χ2n) is 3.58. The van der Waals surface area contributed by atoms with Gasteiger partial charge in [0.25, 0.3) is 0 Å². The zero-order valence-corrected chi connectivity index (χ0v) is 10.4. The Bertz CT molecular complexity index is 241. The summed E-state index contributed by atoms with van der Waals surface area (Å²) in [5.74, 6) is 0.243. The molecule has 0 rings (SSSR count). The van der Waals surface area contributed by atoms with Crippen LogP contribution in [0, 0.1) is 5.92 Å². The van der Waals surface area contributed by atoms with Crippen LogP contribution in [-0.2, 0) is 14.8 Å². The first kappa shape index (κ1) is 14.2. The Kier molecular flexibility index (Phi) is 6.68. The van der Waals surface area contributed by atoms with Gasteiger partial charge in [-0.1, -0.05) is 13.8 Å². The maximum atomic E-state index is 11.3. The van der Waals surface area contributed by atoms with Crippen molar-refractivity contribution in [3.8, 4) is 0 Å². The van der Waals surface area contributed by atoms with Crippen LogP contribution >= 0.6 is 11.6 Å². The summed E-state index contributed by atoms with van der Waals surface area (Å²) in [6.45, 7) is 4.26. The molecule has 0 amide bonds. The number of sulfonamides is 1. The highest BCUT2D eigenvalue weighted by Crippen LogP contribution is 1.99. The van der Waals surface area contributed by atoms with E-state index >= 15 is 0 Å². The summed E-state index contributed by atoms with van der Waals surface area (Å²) in [5, 5.41) is -0.318. The summed E-state index contributed by atoms with van der Waals surface area (Å²) in [5.41, 5.74) is 0. The molecule has 0 spiro atoms. The molecule has 0 bridgehead atoms. The van der Waals surface area contributed by atoms with E-state index in [1.807, 2.05) is 13.8 Å². The lowest BCUT2D eigenvalue weighted by molar-refractivity contribution is 0.198. The fourth-order valence-electron chi connectivity index (χ4n) is 0.955. The molecule has 6 heteroatoms. The van der Waals surface area contributed by atoms with E-state index in [2.05, 4.69) is 4.72 Å². The molecule has 0 aromatic heterocycles. The SMILES string of the molecule is COCC(Cl)CNS(=O)(=O)CC(C)C. The van der Waals surface area contributed by atoms with Gasteiger partial charge in [-0.3, -0.25) is 0 Å². The number of halogens is 1. The van der Waals surface area contributed by atoms with Crippen molar-refractivity contribution in [2.24, 2.45) is 5.92 Å². The number of ether oxygens (including phenoxy) is 1. The quantitative estimate of drug-likeness (QED) is 0.674. The molecular formula is C8H18ClNO3S. The fraction of sp³-hybridized carbons (Fsp3) is 1.00. The average molecular weight is 244 g/mol. The number of methoxy groups -OCH3 is 1. The van der Waals surface area contributed by atoms with Crippen LogP contribution in [0.5, 0.6) is 0 Å². The molecule has 0 radical (unpaired) electrons. The molecule has 0 aliphatic heterocycles. The van der Waals surface area contributed by atoms with Crippen LogP contribution in [0.2, 0.25) is 0 Å². The molecule has 86 valence electrons. The van der Waals surface area contributed by atoms with Crippen LogP contribution in [0.15, 0.2) is 0 Å². The van der Waals surface area contributed by atoms with Crippen molar-refractivity contribution < 1.29 is 13.2 Å². The maximum Gasteiger partial charge on any atom is 0.211 e. The predicted octanol–water partition coefficient (Wildman–Crippen LogP) is 0.816. The van der Waals surface area contributed by atoms with Crippen molar-refractivity contribution in [2.75, 3.05) is 26.0 Å². The van der Waals surface area contributed by atoms with Gasteiger partial charge < -0.3 is 4.74 Å². The largest absolute Gasteiger partial charge is 0.383 e. The average Bonchev–Trinajstić information content (AvgIpc) is 1.99. The van der Waals surface area contributed by atoms with E-state index in [0.717, 1.165) is 0 Å². The first-order valence-corrected chi connectivity index (χ1v) is 6.56. The molecule has 0 aromatic carbocycles. The van der Waals surface area contributed by atoms with Crippen LogP contribution in [0.3, 0.4) is 0 Å². The summed E-state index contributed by atoms with van der Waals surface area (Å²) in [6.07, 6.45) is 0. The van der Waals surface area contributed by atoms with E-state index in [0.29, 0.717) is 6.61 Å². The predicted molar refractivity (Wildman–Crippen MR) is 58.1 cm³/mol. The van der Waals surface area contributed by atoms with E-state index in [1.54, 1.807) is 0 Å². The van der Waals surface area contributed by atoms with Crippen molar-refractivity contribution in [1.29, 1.82) is 0 Å². The van der Waals surface area contributed by atoms with Crippen molar-refractivity contribution in [1.82, 2.24) is 4.72 Å². The van der Waals surface area contributed by atoms with Gasteiger partial charge in [-0.25, -0.2) is 13.1 Å². The lowest BCUT2D eigenvalue weighted by Crippen LogP contribution is -2.34. The zero-order valence-electron chi connectivity index (χ0n) is 8.79. The van der Waals surface area contributed by atoms with Gasteiger partial charge in [0.2, 0.25) is 10.0 Å². The van der Waals surface area contributed by atoms with E-state index in [1.165, 1.54) is 7.11 Å². The van der Waals surface area contributed by atoms with Crippen LogP contribution in [0.4, 0.5) is 0 Å². The third-order valence-electron chi connectivity index (χ3n) is 1.42. The molecule has 0 heterocycles. The molecule has 0 aromatic rings. The van der Waals surface area contributed by atoms with Gasteiger partial charge in [0.05, 0.1) is 17.7 Å². The normalized spacial score (nSPS) is 14.6. The molecule has 14 heavy (non-hydrogen) atoms. The van der Waals surface area contributed by atoms with Crippen LogP contribution in [-0.4, -0.2) is 39.8 Å². The van der Waals surface area contributed by atoms with Gasteiger partial charge in [-0.15, -0.1) is 11.6 Å². The minimum atomic E-state index is -3.18. The Morgan fingerprint density at radius 1 is 1.43 bits per heavy atom. The monoisotopic (exact) mass is 243 g/mol. The van der Waals surface area contributed by atoms with Crippen molar-refractivity contribution >= 4 is 21.6 Å². The molecule has 0 aliphatic carbocycles. The molecule has 4 nitrogen and oxygen atoms in total. The number of nitrogens with one attached hydrogen (secondary N) is 1. The van der Waals surface area contributed by atoms with Crippen LogP contribution < -0.4 is 4.72 Å². The Morgan fingerprint density at radius 2 is 2.00 bits per heavy atom. The van der Waals surface area contributed by atoms with Gasteiger partial charge in [0, 0.05) is 13.7 Å². The third kappa shape index (κ3) is 7.55. The Labute approximate surface area is 91.0 Å². The second-order valence-corrected chi connectivity index (χ2v) is 6.05. The van der Waals surface area contributed by atoms with Crippen molar-refractivity contribution in [2.45, 2.75) is 19.2 Å².